The van der Waals surface area contributed by atoms with Gasteiger partial charge in [0.2, 0.25) is 0 Å². The lowest BCUT2D eigenvalue weighted by Gasteiger charge is -2.13. The van der Waals surface area contributed by atoms with Gasteiger partial charge in [0, 0.05) is 11.3 Å². The van der Waals surface area contributed by atoms with Crippen molar-refractivity contribution in [2.24, 2.45) is 5.92 Å². The number of hydrogen-bond acceptors (Lipinski definition) is 3. The number of hydrogen-bond donors (Lipinski definition) is 0. The Hall–Kier alpha value is -2.52. The lowest BCUT2D eigenvalue weighted by atomic mass is 10.1. The molecule has 25 heavy (non-hydrogen) atoms. The molecule has 3 nitrogen and oxygen atoms in total. The molecule has 0 aliphatic carbocycles. The molecule has 3 heteroatoms. The molecule has 1 fully saturated rings. The van der Waals surface area contributed by atoms with E-state index < -0.39 is 0 Å². The highest BCUT2D eigenvalue weighted by atomic mass is 16.5. The van der Waals surface area contributed by atoms with Crippen molar-refractivity contribution in [3.8, 4) is 11.5 Å². The molecule has 0 spiro atoms. The van der Waals surface area contributed by atoms with Gasteiger partial charge in [0.1, 0.15) is 18.1 Å². The Morgan fingerprint density at radius 1 is 0.800 bits per heavy atom. The second-order valence-corrected chi connectivity index (χ2v) is 6.47. The van der Waals surface area contributed by atoms with Gasteiger partial charge in [0.05, 0.1) is 19.3 Å². The van der Waals surface area contributed by atoms with Gasteiger partial charge in [-0.3, -0.25) is 0 Å². The number of para-hydroxylation sites is 1. The lowest BCUT2D eigenvalue weighted by Crippen LogP contribution is -2.17. The van der Waals surface area contributed by atoms with E-state index in [1.807, 2.05) is 54.6 Å². The number of ether oxygens (including phenoxy) is 3. The fourth-order valence-corrected chi connectivity index (χ4v) is 3.25. The van der Waals surface area contributed by atoms with Crippen molar-refractivity contribution in [2.45, 2.75) is 12.5 Å². The third kappa shape index (κ3) is 3.94. The summed E-state index contributed by atoms with van der Waals surface area (Å²) in [6.07, 6.45) is 1.11. The summed E-state index contributed by atoms with van der Waals surface area (Å²) in [6.45, 7) is 2.00. The number of rotatable bonds is 6. The monoisotopic (exact) mass is 334 g/mol. The molecule has 128 valence electrons. The normalized spacial score (nSPS) is 19.8. The van der Waals surface area contributed by atoms with E-state index >= 15 is 0 Å². The van der Waals surface area contributed by atoms with Crippen LogP contribution in [-0.4, -0.2) is 25.9 Å². The first-order valence-corrected chi connectivity index (χ1v) is 8.78. The van der Waals surface area contributed by atoms with E-state index in [1.165, 1.54) is 5.39 Å². The lowest BCUT2D eigenvalue weighted by molar-refractivity contribution is 0.0643. The van der Waals surface area contributed by atoms with Crippen molar-refractivity contribution in [3.63, 3.8) is 0 Å². The van der Waals surface area contributed by atoms with Crippen LogP contribution in [0.4, 0.5) is 0 Å². The van der Waals surface area contributed by atoms with Crippen LogP contribution in [0, 0.1) is 5.92 Å². The summed E-state index contributed by atoms with van der Waals surface area (Å²) >= 11 is 0. The quantitative estimate of drug-likeness (QED) is 0.654. The van der Waals surface area contributed by atoms with Crippen molar-refractivity contribution in [1.29, 1.82) is 0 Å². The van der Waals surface area contributed by atoms with Gasteiger partial charge in [0.25, 0.3) is 0 Å². The van der Waals surface area contributed by atoms with Crippen LogP contribution in [0.25, 0.3) is 10.8 Å². The SMILES string of the molecule is c1ccc(OCC2CC(COc3cccc4ccccc34)CO2)cc1. The van der Waals surface area contributed by atoms with E-state index in [2.05, 4.69) is 18.2 Å². The zero-order valence-electron chi connectivity index (χ0n) is 14.1. The summed E-state index contributed by atoms with van der Waals surface area (Å²) < 4.78 is 17.7. The molecule has 0 bridgehead atoms. The predicted octanol–water partition coefficient (Wildman–Crippen LogP) is 4.70. The van der Waals surface area contributed by atoms with Crippen LogP contribution in [0.1, 0.15) is 6.42 Å². The molecule has 2 unspecified atom stereocenters. The van der Waals surface area contributed by atoms with Gasteiger partial charge >= 0.3 is 0 Å². The summed E-state index contributed by atoms with van der Waals surface area (Å²) in [7, 11) is 0. The minimum absolute atomic E-state index is 0.140. The fourth-order valence-electron chi connectivity index (χ4n) is 3.25. The van der Waals surface area contributed by atoms with Crippen LogP contribution in [0.2, 0.25) is 0 Å². The maximum absolute atomic E-state index is 6.09. The first-order valence-electron chi connectivity index (χ1n) is 8.78. The Morgan fingerprint density at radius 2 is 1.60 bits per heavy atom. The third-order valence-electron chi connectivity index (χ3n) is 4.57. The third-order valence-corrected chi connectivity index (χ3v) is 4.57. The maximum Gasteiger partial charge on any atom is 0.127 e. The molecule has 4 rings (SSSR count). The summed E-state index contributed by atoms with van der Waals surface area (Å²) in [4.78, 5) is 0. The highest BCUT2D eigenvalue weighted by Gasteiger charge is 2.26. The molecule has 0 saturated carbocycles. The first-order chi connectivity index (χ1) is 12.4. The van der Waals surface area contributed by atoms with Crippen LogP contribution < -0.4 is 9.47 Å². The van der Waals surface area contributed by atoms with Crippen molar-refractivity contribution in [1.82, 2.24) is 0 Å². The van der Waals surface area contributed by atoms with Gasteiger partial charge in [-0.2, -0.15) is 0 Å². The highest BCUT2D eigenvalue weighted by molar-refractivity contribution is 5.88. The maximum atomic E-state index is 6.09. The topological polar surface area (TPSA) is 27.7 Å². The van der Waals surface area contributed by atoms with E-state index in [4.69, 9.17) is 14.2 Å². The molecule has 0 N–H and O–H groups in total. The molecule has 1 aliphatic rings. The Labute approximate surface area is 148 Å². The van der Waals surface area contributed by atoms with Crippen LogP contribution in [-0.2, 0) is 4.74 Å². The Kier molecular flexibility index (Phi) is 4.84. The van der Waals surface area contributed by atoms with Gasteiger partial charge < -0.3 is 14.2 Å². The standard InChI is InChI=1S/C22H22O3/c1-2-9-19(10-3-1)24-16-20-13-17(14-23-20)15-25-22-12-6-8-18-7-4-5-11-21(18)22/h1-12,17,20H,13-16H2. The molecule has 1 aliphatic heterocycles. The van der Waals surface area contributed by atoms with E-state index in [1.54, 1.807) is 0 Å². The average molecular weight is 334 g/mol. The minimum Gasteiger partial charge on any atom is -0.493 e. The zero-order chi connectivity index (χ0) is 16.9. The predicted molar refractivity (Wildman–Crippen MR) is 99.2 cm³/mol. The van der Waals surface area contributed by atoms with Crippen LogP contribution in [0.5, 0.6) is 11.5 Å². The molecule has 2 atom stereocenters. The molecule has 1 saturated heterocycles. The Bertz CT molecular complexity index is 810. The van der Waals surface area contributed by atoms with Gasteiger partial charge in [0.15, 0.2) is 0 Å². The zero-order valence-corrected chi connectivity index (χ0v) is 14.1. The first kappa shape index (κ1) is 16.0. The van der Waals surface area contributed by atoms with E-state index in [0.29, 0.717) is 19.1 Å². The second kappa shape index (κ2) is 7.58. The largest absolute Gasteiger partial charge is 0.493 e. The second-order valence-electron chi connectivity index (χ2n) is 6.47. The molecule has 0 amide bonds. The summed E-state index contributed by atoms with van der Waals surface area (Å²) in [5, 5.41) is 2.37. The van der Waals surface area contributed by atoms with E-state index in [9.17, 15) is 0 Å². The highest BCUT2D eigenvalue weighted by Crippen LogP contribution is 2.27. The Balaban J connectivity index is 1.29. The number of fused-ring (bicyclic) bond motifs is 1. The molecule has 3 aromatic rings. The van der Waals surface area contributed by atoms with Crippen LogP contribution in [0.15, 0.2) is 72.8 Å². The van der Waals surface area contributed by atoms with Gasteiger partial charge in [-0.1, -0.05) is 54.6 Å². The van der Waals surface area contributed by atoms with Crippen LogP contribution in [0.3, 0.4) is 0 Å². The van der Waals surface area contributed by atoms with Crippen molar-refractivity contribution in [2.75, 3.05) is 19.8 Å². The summed E-state index contributed by atoms with van der Waals surface area (Å²) in [5.74, 6) is 2.24. The smallest absolute Gasteiger partial charge is 0.127 e. The van der Waals surface area contributed by atoms with E-state index in [-0.39, 0.29) is 6.10 Å². The molecule has 3 aromatic carbocycles. The van der Waals surface area contributed by atoms with Crippen molar-refractivity contribution >= 4 is 10.8 Å². The Morgan fingerprint density at radius 3 is 2.52 bits per heavy atom. The van der Waals surface area contributed by atoms with Crippen molar-refractivity contribution in [3.05, 3.63) is 72.8 Å². The molecule has 1 heterocycles. The minimum atomic E-state index is 0.140. The van der Waals surface area contributed by atoms with Gasteiger partial charge in [-0.05, 0) is 30.0 Å². The molecule has 0 aromatic heterocycles. The summed E-state index contributed by atoms with van der Waals surface area (Å²) in [6, 6.07) is 24.4. The average Bonchev–Trinajstić information content (AvgIpc) is 3.13. The van der Waals surface area contributed by atoms with E-state index in [0.717, 1.165) is 29.9 Å². The molecular weight excluding hydrogens is 312 g/mol. The molecular formula is C22H22O3. The van der Waals surface area contributed by atoms with Gasteiger partial charge in [-0.15, -0.1) is 0 Å². The van der Waals surface area contributed by atoms with Gasteiger partial charge in [-0.25, -0.2) is 0 Å². The fraction of sp³-hybridized carbons (Fsp3) is 0.273. The number of benzene rings is 3. The van der Waals surface area contributed by atoms with Crippen molar-refractivity contribution < 1.29 is 14.2 Å². The molecule has 0 radical (unpaired) electrons. The van der Waals surface area contributed by atoms with Crippen LogP contribution >= 0.6 is 0 Å². The summed E-state index contributed by atoms with van der Waals surface area (Å²) in [5.41, 5.74) is 0.